The Morgan fingerprint density at radius 2 is 2.00 bits per heavy atom. The maximum absolute atomic E-state index is 10.7. The number of hydrogen-bond acceptors (Lipinski definition) is 2. The van der Waals surface area contributed by atoms with Gasteiger partial charge in [-0.2, -0.15) is 0 Å². The fraction of sp³-hybridized carbons (Fsp3) is 0.833. The Morgan fingerprint density at radius 1 is 1.56 bits per heavy atom. The van der Waals surface area contributed by atoms with E-state index in [1.807, 2.05) is 0 Å². The monoisotopic (exact) mass is 132 g/mol. The topological polar surface area (TPSA) is 37.3 Å². The van der Waals surface area contributed by atoms with E-state index in [4.69, 9.17) is 5.11 Å². The van der Waals surface area contributed by atoms with Crippen molar-refractivity contribution in [2.75, 3.05) is 27.2 Å². The number of hydrogen-bond donors (Lipinski definition) is 1. The van der Waals surface area contributed by atoms with Gasteiger partial charge in [-0.25, -0.2) is 4.79 Å². The SMILES string of the molecule is CC(=O)[N+](C)(C)CCO. The minimum absolute atomic E-state index is 0.0621. The highest BCUT2D eigenvalue weighted by Gasteiger charge is 2.19. The van der Waals surface area contributed by atoms with Crippen LogP contribution in [-0.2, 0) is 4.79 Å². The highest BCUT2D eigenvalue weighted by Crippen LogP contribution is 1.94. The molecule has 0 saturated heterocycles. The van der Waals surface area contributed by atoms with Crippen molar-refractivity contribution in [3.63, 3.8) is 0 Å². The first kappa shape index (κ1) is 8.59. The molecular weight excluding hydrogens is 118 g/mol. The Balaban J connectivity index is 3.85. The molecule has 54 valence electrons. The Hall–Kier alpha value is -0.410. The number of carbonyl (C=O) groups is 1. The Kier molecular flexibility index (Phi) is 2.81. The third kappa shape index (κ3) is 2.58. The van der Waals surface area contributed by atoms with Gasteiger partial charge in [0.1, 0.15) is 6.54 Å². The van der Waals surface area contributed by atoms with E-state index in [-0.39, 0.29) is 17.0 Å². The smallest absolute Gasteiger partial charge is 0.310 e. The Bertz CT molecular complexity index is 110. The molecule has 1 N–H and O–H groups in total. The van der Waals surface area contributed by atoms with Crippen LogP contribution >= 0.6 is 0 Å². The quantitative estimate of drug-likeness (QED) is 0.519. The summed E-state index contributed by atoms with van der Waals surface area (Å²) < 4.78 is 0.260. The van der Waals surface area contributed by atoms with E-state index in [1.165, 1.54) is 6.92 Å². The zero-order chi connectivity index (χ0) is 7.49. The van der Waals surface area contributed by atoms with E-state index >= 15 is 0 Å². The summed E-state index contributed by atoms with van der Waals surface area (Å²) in [6.07, 6.45) is 0. The number of amides is 1. The van der Waals surface area contributed by atoms with Crippen LogP contribution in [0.1, 0.15) is 6.92 Å². The van der Waals surface area contributed by atoms with Crippen LogP contribution in [0.25, 0.3) is 0 Å². The molecule has 0 fully saturated rings. The first-order valence-electron chi connectivity index (χ1n) is 2.95. The van der Waals surface area contributed by atoms with Crippen molar-refractivity contribution < 1.29 is 14.4 Å². The lowest BCUT2D eigenvalue weighted by molar-refractivity contribution is -0.813. The van der Waals surface area contributed by atoms with E-state index in [2.05, 4.69) is 0 Å². The van der Waals surface area contributed by atoms with Crippen molar-refractivity contribution in [1.82, 2.24) is 0 Å². The van der Waals surface area contributed by atoms with Gasteiger partial charge in [0.25, 0.3) is 0 Å². The molecule has 3 nitrogen and oxygen atoms in total. The fourth-order valence-corrected chi connectivity index (χ4v) is 0.407. The molecule has 0 rings (SSSR count). The van der Waals surface area contributed by atoms with Crippen LogP contribution in [0.4, 0.5) is 0 Å². The molecule has 0 unspecified atom stereocenters. The van der Waals surface area contributed by atoms with Gasteiger partial charge in [-0.3, -0.25) is 4.48 Å². The minimum Gasteiger partial charge on any atom is -0.390 e. The average molecular weight is 132 g/mol. The molecule has 0 bridgehead atoms. The van der Waals surface area contributed by atoms with Crippen molar-refractivity contribution >= 4 is 5.91 Å². The summed E-state index contributed by atoms with van der Waals surface area (Å²) in [5.41, 5.74) is 0. The van der Waals surface area contributed by atoms with Crippen LogP contribution in [0.5, 0.6) is 0 Å². The second kappa shape index (κ2) is 2.94. The van der Waals surface area contributed by atoms with E-state index in [0.29, 0.717) is 6.54 Å². The summed E-state index contributed by atoms with van der Waals surface area (Å²) in [5, 5.41) is 8.48. The molecule has 0 aromatic heterocycles. The number of likely N-dealkylation sites (N-methyl/N-ethyl adjacent to an activating group) is 1. The van der Waals surface area contributed by atoms with Crippen LogP contribution in [0.15, 0.2) is 0 Å². The molecule has 3 heteroatoms. The van der Waals surface area contributed by atoms with Crippen molar-refractivity contribution in [3.05, 3.63) is 0 Å². The number of carbonyl (C=O) groups excluding carboxylic acids is 1. The summed E-state index contributed by atoms with van der Waals surface area (Å²) in [5.74, 6) is 0.0732. The summed E-state index contributed by atoms with van der Waals surface area (Å²) in [7, 11) is 3.55. The average Bonchev–Trinajstić information content (AvgIpc) is 1.65. The van der Waals surface area contributed by atoms with Gasteiger partial charge in [0.2, 0.25) is 0 Å². The normalized spacial score (nSPS) is 11.6. The van der Waals surface area contributed by atoms with Crippen LogP contribution in [-0.4, -0.2) is 42.7 Å². The van der Waals surface area contributed by atoms with Gasteiger partial charge in [0.15, 0.2) is 0 Å². The Morgan fingerprint density at radius 3 is 2.11 bits per heavy atom. The highest BCUT2D eigenvalue weighted by molar-refractivity contribution is 5.65. The zero-order valence-corrected chi connectivity index (χ0v) is 6.22. The molecule has 0 aromatic carbocycles. The van der Waals surface area contributed by atoms with Crippen LogP contribution in [0, 0.1) is 0 Å². The minimum atomic E-state index is 0.0621. The number of quaternary nitrogens is 1. The summed E-state index contributed by atoms with van der Waals surface area (Å²) in [4.78, 5) is 10.7. The maximum atomic E-state index is 10.7. The molecule has 0 heterocycles. The lowest BCUT2D eigenvalue weighted by atomic mass is 10.4. The summed E-state index contributed by atoms with van der Waals surface area (Å²) in [6, 6.07) is 0. The molecule has 0 aliphatic carbocycles. The molecule has 0 atom stereocenters. The summed E-state index contributed by atoms with van der Waals surface area (Å²) >= 11 is 0. The van der Waals surface area contributed by atoms with Crippen molar-refractivity contribution in [1.29, 1.82) is 0 Å². The van der Waals surface area contributed by atoms with E-state index in [9.17, 15) is 4.79 Å². The third-order valence-corrected chi connectivity index (χ3v) is 1.51. The van der Waals surface area contributed by atoms with Crippen molar-refractivity contribution in [3.8, 4) is 0 Å². The molecule has 0 aliphatic heterocycles. The zero-order valence-electron chi connectivity index (χ0n) is 6.22. The lowest BCUT2D eigenvalue weighted by Crippen LogP contribution is -2.45. The first-order valence-corrected chi connectivity index (χ1v) is 2.95. The summed E-state index contributed by atoms with van der Waals surface area (Å²) in [6.45, 7) is 2.08. The first-order chi connectivity index (χ1) is 4.00. The predicted octanol–water partition coefficient (Wildman–Crippen LogP) is -0.398. The number of nitrogens with zero attached hydrogens (tertiary/aromatic N) is 1. The van der Waals surface area contributed by atoms with Gasteiger partial charge in [-0.05, 0) is 0 Å². The lowest BCUT2D eigenvalue weighted by Gasteiger charge is -2.23. The predicted molar refractivity (Wildman–Crippen MR) is 34.7 cm³/mol. The van der Waals surface area contributed by atoms with Crippen LogP contribution in [0.2, 0.25) is 0 Å². The van der Waals surface area contributed by atoms with Crippen molar-refractivity contribution in [2.45, 2.75) is 6.92 Å². The molecule has 1 amide bonds. The Labute approximate surface area is 55.5 Å². The van der Waals surface area contributed by atoms with Gasteiger partial charge in [-0.15, -0.1) is 0 Å². The van der Waals surface area contributed by atoms with E-state index in [1.54, 1.807) is 14.1 Å². The second-order valence-corrected chi connectivity index (χ2v) is 2.65. The number of aliphatic hydroxyl groups is 1. The van der Waals surface area contributed by atoms with Gasteiger partial charge in [0, 0.05) is 0 Å². The molecule has 0 radical (unpaired) electrons. The highest BCUT2D eigenvalue weighted by atomic mass is 16.3. The molecular formula is C6H14NO2+. The van der Waals surface area contributed by atoms with E-state index in [0.717, 1.165) is 0 Å². The van der Waals surface area contributed by atoms with Gasteiger partial charge in [0.05, 0.1) is 27.6 Å². The molecule has 0 saturated carbocycles. The van der Waals surface area contributed by atoms with Crippen LogP contribution < -0.4 is 0 Å². The molecule has 0 aromatic rings. The number of rotatable bonds is 2. The molecule has 0 spiro atoms. The van der Waals surface area contributed by atoms with Gasteiger partial charge >= 0.3 is 5.91 Å². The standard InChI is InChI=1S/C6H14NO2/c1-6(9)7(2,3)4-5-8/h8H,4-5H2,1-3H3/q+1. The molecule has 0 aliphatic rings. The molecule has 9 heavy (non-hydrogen) atoms. The fourth-order valence-electron chi connectivity index (χ4n) is 0.407. The largest absolute Gasteiger partial charge is 0.390 e. The van der Waals surface area contributed by atoms with Gasteiger partial charge in [-0.1, -0.05) is 0 Å². The second-order valence-electron chi connectivity index (χ2n) is 2.65. The third-order valence-electron chi connectivity index (χ3n) is 1.51. The maximum Gasteiger partial charge on any atom is 0.310 e. The van der Waals surface area contributed by atoms with Gasteiger partial charge < -0.3 is 5.11 Å². The van der Waals surface area contributed by atoms with Crippen LogP contribution in [0.3, 0.4) is 0 Å². The van der Waals surface area contributed by atoms with Crippen molar-refractivity contribution in [2.24, 2.45) is 0 Å². The number of aliphatic hydroxyl groups excluding tert-OH is 1. The van der Waals surface area contributed by atoms with E-state index < -0.39 is 0 Å².